The van der Waals surface area contributed by atoms with Crippen LogP contribution in [0, 0.1) is 5.92 Å². The number of aromatic nitrogens is 2. The van der Waals surface area contributed by atoms with Crippen molar-refractivity contribution in [2.75, 3.05) is 18.4 Å². The van der Waals surface area contributed by atoms with Crippen molar-refractivity contribution in [2.45, 2.75) is 19.0 Å². The van der Waals surface area contributed by atoms with Crippen LogP contribution in [0.5, 0.6) is 0 Å². The van der Waals surface area contributed by atoms with E-state index in [1.165, 1.54) is 0 Å². The summed E-state index contributed by atoms with van der Waals surface area (Å²) in [4.78, 5) is 26.3. The maximum Gasteiger partial charge on any atom is 0.445 e. The molecule has 2 aromatic rings. The summed E-state index contributed by atoms with van der Waals surface area (Å²) in [5.74, 6) is -0.972. The van der Waals surface area contributed by atoms with E-state index in [0.717, 1.165) is 0 Å². The first kappa shape index (κ1) is 19.6. The van der Waals surface area contributed by atoms with Gasteiger partial charge in [0, 0.05) is 29.6 Å². The number of hydrogen-bond donors (Lipinski definition) is 1. The number of nitrogens with zero attached hydrogens (tertiary/aromatic N) is 3. The second-order valence-corrected chi connectivity index (χ2v) is 7.39. The standard InChI is InChI=1S/C16H14ClF3N4O2S/c17-11-3-1-10(2-4-11)13(26)24-7-5-9(6-8-24)12(25)21-15-23-22-14(27-15)16(18,19)20/h1-4,9H,5-8H2,(H,21,23,25). The number of carbonyl (C=O) groups is 2. The first-order valence-electron chi connectivity index (χ1n) is 8.00. The van der Waals surface area contributed by atoms with Gasteiger partial charge >= 0.3 is 6.18 Å². The lowest BCUT2D eigenvalue weighted by Crippen LogP contribution is -2.41. The number of anilines is 1. The van der Waals surface area contributed by atoms with Crippen molar-refractivity contribution < 1.29 is 22.8 Å². The van der Waals surface area contributed by atoms with E-state index in [1.54, 1.807) is 29.2 Å². The highest BCUT2D eigenvalue weighted by Crippen LogP contribution is 2.33. The van der Waals surface area contributed by atoms with E-state index < -0.39 is 23.0 Å². The minimum absolute atomic E-state index is 0.149. The highest BCUT2D eigenvalue weighted by molar-refractivity contribution is 7.15. The molecule has 0 bridgehead atoms. The van der Waals surface area contributed by atoms with Crippen molar-refractivity contribution in [3.63, 3.8) is 0 Å². The van der Waals surface area contributed by atoms with Crippen molar-refractivity contribution in [3.05, 3.63) is 39.9 Å². The molecule has 144 valence electrons. The minimum atomic E-state index is -4.59. The summed E-state index contributed by atoms with van der Waals surface area (Å²) >= 11 is 6.09. The highest BCUT2D eigenvalue weighted by atomic mass is 35.5. The predicted molar refractivity (Wildman–Crippen MR) is 93.6 cm³/mol. The van der Waals surface area contributed by atoms with Gasteiger partial charge in [-0.15, -0.1) is 10.2 Å². The Bertz CT molecular complexity index is 833. The highest BCUT2D eigenvalue weighted by Gasteiger charge is 2.36. The van der Waals surface area contributed by atoms with Crippen molar-refractivity contribution in [2.24, 2.45) is 5.92 Å². The summed E-state index contributed by atoms with van der Waals surface area (Å²) in [6, 6.07) is 6.53. The van der Waals surface area contributed by atoms with E-state index in [4.69, 9.17) is 11.6 Å². The van der Waals surface area contributed by atoms with Crippen LogP contribution in [-0.2, 0) is 11.0 Å². The summed E-state index contributed by atoms with van der Waals surface area (Å²) in [5, 5.41) is 7.99. The molecule has 1 fully saturated rings. The fraction of sp³-hybridized carbons (Fsp3) is 0.375. The van der Waals surface area contributed by atoms with Crippen molar-refractivity contribution in [1.29, 1.82) is 0 Å². The third-order valence-corrected chi connectivity index (χ3v) is 5.28. The third-order valence-electron chi connectivity index (χ3n) is 4.14. The molecule has 2 heterocycles. The van der Waals surface area contributed by atoms with Gasteiger partial charge in [0.15, 0.2) is 0 Å². The van der Waals surface area contributed by atoms with E-state index in [0.29, 0.717) is 36.5 Å². The average molecular weight is 419 g/mol. The molecule has 0 saturated carbocycles. The quantitative estimate of drug-likeness (QED) is 0.824. The van der Waals surface area contributed by atoms with Gasteiger partial charge in [-0.05, 0) is 37.1 Å². The topological polar surface area (TPSA) is 75.2 Å². The second kappa shape index (κ2) is 7.81. The first-order valence-corrected chi connectivity index (χ1v) is 9.20. The van der Waals surface area contributed by atoms with Gasteiger partial charge in [-0.1, -0.05) is 22.9 Å². The number of halogens is 4. The molecule has 1 aromatic heterocycles. The van der Waals surface area contributed by atoms with Gasteiger partial charge < -0.3 is 10.2 Å². The Morgan fingerprint density at radius 2 is 1.78 bits per heavy atom. The summed E-state index contributed by atoms with van der Waals surface area (Å²) in [7, 11) is 0. The van der Waals surface area contributed by atoms with E-state index in [2.05, 4.69) is 15.5 Å². The molecule has 1 aliphatic heterocycles. The molecule has 1 N–H and O–H groups in total. The average Bonchev–Trinajstić information content (AvgIpc) is 3.11. The lowest BCUT2D eigenvalue weighted by atomic mass is 9.95. The zero-order valence-electron chi connectivity index (χ0n) is 13.8. The number of piperidine rings is 1. The molecule has 6 nitrogen and oxygen atoms in total. The normalized spacial score (nSPS) is 15.6. The molecule has 27 heavy (non-hydrogen) atoms. The van der Waals surface area contributed by atoms with Crippen LogP contribution < -0.4 is 5.32 Å². The fourth-order valence-corrected chi connectivity index (χ4v) is 3.46. The molecule has 3 rings (SSSR count). The van der Waals surface area contributed by atoms with E-state index in [-0.39, 0.29) is 22.4 Å². The number of likely N-dealkylation sites (tertiary alicyclic amines) is 1. The van der Waals surface area contributed by atoms with Crippen LogP contribution in [0.25, 0.3) is 0 Å². The molecule has 11 heteroatoms. The van der Waals surface area contributed by atoms with Gasteiger partial charge in [0.05, 0.1) is 0 Å². The van der Waals surface area contributed by atoms with Crippen LogP contribution in [0.15, 0.2) is 24.3 Å². The molecule has 1 aromatic carbocycles. The Morgan fingerprint density at radius 3 is 2.33 bits per heavy atom. The summed E-state index contributed by atoms with van der Waals surface area (Å²) < 4.78 is 37.6. The number of hydrogen-bond acceptors (Lipinski definition) is 5. The van der Waals surface area contributed by atoms with Crippen LogP contribution in [-0.4, -0.2) is 40.0 Å². The third kappa shape index (κ3) is 4.75. The van der Waals surface area contributed by atoms with Gasteiger partial charge in [-0.3, -0.25) is 9.59 Å². The number of rotatable bonds is 3. The Kier molecular flexibility index (Phi) is 5.66. The van der Waals surface area contributed by atoms with Gasteiger partial charge in [0.2, 0.25) is 16.0 Å². The minimum Gasteiger partial charge on any atom is -0.339 e. The first-order chi connectivity index (χ1) is 12.7. The zero-order chi connectivity index (χ0) is 19.6. The lowest BCUT2D eigenvalue weighted by molar-refractivity contribution is -0.138. The number of amides is 2. The largest absolute Gasteiger partial charge is 0.445 e. The maximum absolute atomic E-state index is 12.5. The van der Waals surface area contributed by atoms with Gasteiger partial charge in [0.1, 0.15) is 0 Å². The number of nitrogens with one attached hydrogen (secondary N) is 1. The molecule has 0 spiro atoms. The molecule has 0 atom stereocenters. The Morgan fingerprint density at radius 1 is 1.15 bits per heavy atom. The molecular formula is C16H14ClF3N4O2S. The fourth-order valence-electron chi connectivity index (χ4n) is 2.72. The SMILES string of the molecule is O=C(Nc1nnc(C(F)(F)F)s1)C1CCN(C(=O)c2ccc(Cl)cc2)CC1. The Balaban J connectivity index is 1.54. The zero-order valence-corrected chi connectivity index (χ0v) is 15.4. The van der Waals surface area contributed by atoms with Gasteiger partial charge in [-0.2, -0.15) is 13.2 Å². The van der Waals surface area contributed by atoms with Crippen LogP contribution in [0.1, 0.15) is 28.2 Å². The summed E-state index contributed by atoms with van der Waals surface area (Å²) in [6.07, 6.45) is -3.76. The van der Waals surface area contributed by atoms with Gasteiger partial charge in [0.25, 0.3) is 5.91 Å². The maximum atomic E-state index is 12.5. The lowest BCUT2D eigenvalue weighted by Gasteiger charge is -2.31. The molecule has 1 aliphatic rings. The summed E-state index contributed by atoms with van der Waals surface area (Å²) in [6.45, 7) is 0.757. The Labute approximate surface area is 161 Å². The molecule has 0 radical (unpaired) electrons. The van der Waals surface area contributed by atoms with Crippen molar-refractivity contribution >= 4 is 39.9 Å². The molecule has 1 saturated heterocycles. The number of benzene rings is 1. The van der Waals surface area contributed by atoms with Crippen molar-refractivity contribution in [1.82, 2.24) is 15.1 Å². The molecule has 0 aliphatic carbocycles. The number of alkyl halides is 3. The van der Waals surface area contributed by atoms with Crippen LogP contribution >= 0.6 is 22.9 Å². The number of carbonyl (C=O) groups excluding carboxylic acids is 2. The molecule has 0 unspecified atom stereocenters. The predicted octanol–water partition coefficient (Wildman–Crippen LogP) is 3.70. The van der Waals surface area contributed by atoms with E-state index in [9.17, 15) is 22.8 Å². The van der Waals surface area contributed by atoms with E-state index in [1.807, 2.05) is 0 Å². The van der Waals surface area contributed by atoms with Crippen LogP contribution in [0.2, 0.25) is 5.02 Å². The van der Waals surface area contributed by atoms with E-state index >= 15 is 0 Å². The molecule has 2 amide bonds. The smallest absolute Gasteiger partial charge is 0.339 e. The van der Waals surface area contributed by atoms with Gasteiger partial charge in [-0.25, -0.2) is 0 Å². The Hall–Kier alpha value is -2.20. The summed E-state index contributed by atoms with van der Waals surface area (Å²) in [5.41, 5.74) is 0.510. The molecular weight excluding hydrogens is 405 g/mol. The second-order valence-electron chi connectivity index (χ2n) is 5.97. The van der Waals surface area contributed by atoms with Crippen molar-refractivity contribution in [3.8, 4) is 0 Å². The van der Waals surface area contributed by atoms with Crippen LogP contribution in [0.3, 0.4) is 0 Å². The van der Waals surface area contributed by atoms with Crippen LogP contribution in [0.4, 0.5) is 18.3 Å². The monoisotopic (exact) mass is 418 g/mol.